The maximum absolute atomic E-state index is 14.2. The zero-order chi connectivity index (χ0) is 22.5. The maximum atomic E-state index is 14.2. The topological polar surface area (TPSA) is 58.6 Å². The summed E-state index contributed by atoms with van der Waals surface area (Å²) in [7, 11) is 1.56. The first-order valence-electron chi connectivity index (χ1n) is 9.69. The molecule has 0 heterocycles. The predicted molar refractivity (Wildman–Crippen MR) is 116 cm³/mol. The average molecular weight is 435 g/mol. The molecule has 2 rings (SSSR count). The van der Waals surface area contributed by atoms with Gasteiger partial charge in [0, 0.05) is 22.7 Å². The van der Waals surface area contributed by atoms with Crippen LogP contribution in [0.15, 0.2) is 42.5 Å². The second kappa shape index (κ2) is 9.94. The summed E-state index contributed by atoms with van der Waals surface area (Å²) in [6.45, 7) is 7.42. The van der Waals surface area contributed by atoms with Crippen LogP contribution < -0.4 is 10.1 Å². The number of rotatable bonds is 7. The van der Waals surface area contributed by atoms with Crippen LogP contribution in [0.5, 0.6) is 5.75 Å². The van der Waals surface area contributed by atoms with Gasteiger partial charge in [0.05, 0.1) is 13.5 Å². The summed E-state index contributed by atoms with van der Waals surface area (Å²) in [5.74, 6) is -0.604. The van der Waals surface area contributed by atoms with E-state index in [9.17, 15) is 14.0 Å². The van der Waals surface area contributed by atoms with Gasteiger partial charge in [-0.15, -0.1) is 0 Å². The Labute approximate surface area is 182 Å². The van der Waals surface area contributed by atoms with Gasteiger partial charge in [-0.1, -0.05) is 29.8 Å². The summed E-state index contributed by atoms with van der Waals surface area (Å²) >= 11 is 6.10. The minimum absolute atomic E-state index is 0.114. The van der Waals surface area contributed by atoms with Crippen LogP contribution in [0.4, 0.5) is 4.39 Å². The fourth-order valence-electron chi connectivity index (χ4n) is 2.98. The van der Waals surface area contributed by atoms with E-state index in [0.29, 0.717) is 5.75 Å². The van der Waals surface area contributed by atoms with Crippen molar-refractivity contribution in [3.8, 4) is 5.75 Å². The lowest BCUT2D eigenvalue weighted by Gasteiger charge is -2.31. The Bertz CT molecular complexity index is 891. The molecule has 1 unspecified atom stereocenters. The number of ether oxygens (including phenoxy) is 1. The number of nitrogens with one attached hydrogen (secondary N) is 1. The van der Waals surface area contributed by atoms with Crippen LogP contribution in [0.25, 0.3) is 0 Å². The third-order valence-corrected chi connectivity index (χ3v) is 4.90. The summed E-state index contributed by atoms with van der Waals surface area (Å²) in [5.41, 5.74) is 0.450. The minimum atomic E-state index is -0.770. The van der Waals surface area contributed by atoms with E-state index in [1.165, 1.54) is 23.1 Å². The van der Waals surface area contributed by atoms with Crippen molar-refractivity contribution in [3.63, 3.8) is 0 Å². The van der Waals surface area contributed by atoms with Crippen LogP contribution in [0.1, 0.15) is 38.8 Å². The number of benzene rings is 2. The third kappa shape index (κ3) is 6.46. The molecule has 7 heteroatoms. The van der Waals surface area contributed by atoms with E-state index >= 15 is 0 Å². The highest BCUT2D eigenvalue weighted by Gasteiger charge is 2.29. The molecule has 0 saturated carbocycles. The second-order valence-corrected chi connectivity index (χ2v) is 8.57. The fraction of sp³-hybridized carbons (Fsp3) is 0.391. The molecule has 1 atom stereocenters. The largest absolute Gasteiger partial charge is 0.497 e. The van der Waals surface area contributed by atoms with Gasteiger partial charge in [-0.3, -0.25) is 9.59 Å². The highest BCUT2D eigenvalue weighted by Crippen LogP contribution is 2.22. The molecule has 0 fully saturated rings. The van der Waals surface area contributed by atoms with Crippen molar-refractivity contribution in [1.82, 2.24) is 10.2 Å². The van der Waals surface area contributed by atoms with Gasteiger partial charge in [-0.2, -0.15) is 0 Å². The van der Waals surface area contributed by atoms with Crippen molar-refractivity contribution in [2.24, 2.45) is 0 Å². The lowest BCUT2D eigenvalue weighted by molar-refractivity contribution is -0.140. The van der Waals surface area contributed by atoms with Crippen molar-refractivity contribution in [2.75, 3.05) is 7.11 Å². The fourth-order valence-corrected chi connectivity index (χ4v) is 3.21. The Hall–Kier alpha value is -2.60. The molecule has 162 valence electrons. The number of hydrogen-bond acceptors (Lipinski definition) is 3. The molecule has 2 aromatic carbocycles. The van der Waals surface area contributed by atoms with Crippen LogP contribution in [-0.2, 0) is 22.6 Å². The number of carbonyl (C=O) groups excluding carboxylic acids is 2. The smallest absolute Gasteiger partial charge is 0.242 e. The Morgan fingerprint density at radius 2 is 1.87 bits per heavy atom. The third-order valence-electron chi connectivity index (χ3n) is 4.54. The van der Waals surface area contributed by atoms with Crippen LogP contribution in [-0.4, -0.2) is 35.4 Å². The molecule has 1 N–H and O–H groups in total. The standard InChI is InChI=1S/C23H28ClFN2O3/c1-15(22(29)26-23(2,3)4)27(14-16-8-6-9-17(12-16)30-5)21(28)13-18-19(24)10-7-11-20(18)25/h6-12,15H,13-14H2,1-5H3,(H,26,29). The Morgan fingerprint density at radius 1 is 1.20 bits per heavy atom. The minimum Gasteiger partial charge on any atom is -0.497 e. The number of nitrogens with zero attached hydrogens (tertiary/aromatic N) is 1. The quantitative estimate of drug-likeness (QED) is 0.704. The van der Waals surface area contributed by atoms with E-state index in [1.54, 1.807) is 26.2 Å². The van der Waals surface area contributed by atoms with E-state index in [0.717, 1.165) is 5.56 Å². The number of methoxy groups -OCH3 is 1. The molecule has 0 aliphatic heterocycles. The van der Waals surface area contributed by atoms with Gasteiger partial charge in [-0.05, 0) is 57.5 Å². The molecule has 0 saturated heterocycles. The number of carbonyl (C=O) groups is 2. The molecule has 2 amide bonds. The molecule has 30 heavy (non-hydrogen) atoms. The molecule has 2 aromatic rings. The van der Waals surface area contributed by atoms with Crippen molar-refractivity contribution in [3.05, 3.63) is 64.4 Å². The molecule has 0 aliphatic carbocycles. The monoisotopic (exact) mass is 434 g/mol. The van der Waals surface area contributed by atoms with Gasteiger partial charge < -0.3 is 15.0 Å². The van der Waals surface area contributed by atoms with E-state index in [-0.39, 0.29) is 29.5 Å². The van der Waals surface area contributed by atoms with Crippen molar-refractivity contribution in [1.29, 1.82) is 0 Å². The van der Waals surface area contributed by atoms with Gasteiger partial charge in [-0.25, -0.2) is 4.39 Å². The zero-order valence-electron chi connectivity index (χ0n) is 18.0. The first kappa shape index (κ1) is 23.7. The zero-order valence-corrected chi connectivity index (χ0v) is 18.7. The van der Waals surface area contributed by atoms with Crippen LogP contribution in [0, 0.1) is 5.82 Å². The first-order valence-corrected chi connectivity index (χ1v) is 10.1. The Kier molecular flexibility index (Phi) is 7.84. The predicted octanol–water partition coefficient (Wildman–Crippen LogP) is 4.36. The van der Waals surface area contributed by atoms with E-state index in [2.05, 4.69) is 5.32 Å². The number of halogens is 2. The van der Waals surface area contributed by atoms with E-state index < -0.39 is 23.3 Å². The SMILES string of the molecule is COc1cccc(CN(C(=O)Cc2c(F)cccc2Cl)C(C)C(=O)NC(C)(C)C)c1. The summed E-state index contributed by atoms with van der Waals surface area (Å²) in [6.07, 6.45) is -0.247. The average Bonchev–Trinajstić information content (AvgIpc) is 2.67. The number of amides is 2. The van der Waals surface area contributed by atoms with Crippen LogP contribution in [0.3, 0.4) is 0 Å². The van der Waals surface area contributed by atoms with Gasteiger partial charge >= 0.3 is 0 Å². The summed E-state index contributed by atoms with van der Waals surface area (Å²) in [4.78, 5) is 27.4. The van der Waals surface area contributed by atoms with Crippen LogP contribution >= 0.6 is 11.6 Å². The van der Waals surface area contributed by atoms with E-state index in [1.807, 2.05) is 32.9 Å². The molecule has 0 spiro atoms. The number of hydrogen-bond donors (Lipinski definition) is 1. The summed E-state index contributed by atoms with van der Waals surface area (Å²) < 4.78 is 19.5. The maximum Gasteiger partial charge on any atom is 0.242 e. The summed E-state index contributed by atoms with van der Waals surface area (Å²) in [5, 5.41) is 3.07. The highest BCUT2D eigenvalue weighted by atomic mass is 35.5. The lowest BCUT2D eigenvalue weighted by atomic mass is 10.1. The lowest BCUT2D eigenvalue weighted by Crippen LogP contribution is -2.52. The highest BCUT2D eigenvalue weighted by molar-refractivity contribution is 6.31. The molecule has 0 aromatic heterocycles. The molecular weight excluding hydrogens is 407 g/mol. The Morgan fingerprint density at radius 3 is 2.47 bits per heavy atom. The molecule has 5 nitrogen and oxygen atoms in total. The molecular formula is C23H28ClFN2O3. The Balaban J connectivity index is 2.33. The van der Waals surface area contributed by atoms with Gasteiger partial charge in [0.25, 0.3) is 0 Å². The molecule has 0 aliphatic rings. The molecule has 0 bridgehead atoms. The van der Waals surface area contributed by atoms with Crippen molar-refractivity contribution in [2.45, 2.75) is 52.2 Å². The summed E-state index contributed by atoms with van der Waals surface area (Å²) in [6, 6.07) is 10.8. The van der Waals surface area contributed by atoms with Gasteiger partial charge in [0.1, 0.15) is 17.6 Å². The second-order valence-electron chi connectivity index (χ2n) is 8.17. The van der Waals surface area contributed by atoms with Gasteiger partial charge in [0.2, 0.25) is 11.8 Å². The van der Waals surface area contributed by atoms with E-state index in [4.69, 9.17) is 16.3 Å². The normalized spacial score (nSPS) is 12.2. The van der Waals surface area contributed by atoms with Gasteiger partial charge in [0.15, 0.2) is 0 Å². The first-order chi connectivity index (χ1) is 14.0. The van der Waals surface area contributed by atoms with Crippen LogP contribution in [0.2, 0.25) is 5.02 Å². The van der Waals surface area contributed by atoms with Crippen molar-refractivity contribution < 1.29 is 18.7 Å². The van der Waals surface area contributed by atoms with Crippen molar-refractivity contribution >= 4 is 23.4 Å². The molecule has 0 radical (unpaired) electrons.